The zero-order valence-electron chi connectivity index (χ0n) is 20.8. The summed E-state index contributed by atoms with van der Waals surface area (Å²) in [5.41, 5.74) is 4.90. The second kappa shape index (κ2) is 11.7. The Hall–Kier alpha value is -4.87. The van der Waals surface area contributed by atoms with Crippen LogP contribution in [0.3, 0.4) is 0 Å². The molecular formula is C33H24ClNO4. The highest BCUT2D eigenvalue weighted by Crippen LogP contribution is 2.40. The summed E-state index contributed by atoms with van der Waals surface area (Å²) in [6.45, 7) is 0.377. The Balaban J connectivity index is 1.55. The first-order chi connectivity index (χ1) is 19.0. The molecule has 0 aliphatic heterocycles. The number of ether oxygens (including phenoxy) is 1. The van der Waals surface area contributed by atoms with E-state index in [1.54, 1.807) is 42.5 Å². The number of carboxylic acids is 1. The molecule has 2 N–H and O–H groups in total. The molecule has 0 aromatic heterocycles. The number of anilines is 1. The van der Waals surface area contributed by atoms with Crippen molar-refractivity contribution < 1.29 is 19.4 Å². The number of nitrogens with one attached hydrogen (secondary N) is 1. The molecule has 0 heterocycles. The summed E-state index contributed by atoms with van der Waals surface area (Å²) in [4.78, 5) is 24.8. The number of aromatic carboxylic acids is 1. The molecule has 0 saturated carbocycles. The number of carbonyl (C=O) groups excluding carboxylic acids is 1. The van der Waals surface area contributed by atoms with E-state index in [-0.39, 0.29) is 11.5 Å². The SMILES string of the molecule is O=C(O)c1cc(NC(=O)c2ccccc2)cc(-c2ccccc2-c2cc(Cl)ccc2OCc2ccccc2)c1. The van der Waals surface area contributed by atoms with Gasteiger partial charge in [0.1, 0.15) is 12.4 Å². The molecule has 5 aromatic carbocycles. The number of amides is 1. The van der Waals surface area contributed by atoms with Crippen LogP contribution in [0.1, 0.15) is 26.3 Å². The molecule has 39 heavy (non-hydrogen) atoms. The van der Waals surface area contributed by atoms with Crippen molar-refractivity contribution in [2.45, 2.75) is 6.61 Å². The summed E-state index contributed by atoms with van der Waals surface area (Å²) in [6.07, 6.45) is 0. The molecule has 0 unspecified atom stereocenters. The molecule has 6 heteroatoms. The monoisotopic (exact) mass is 533 g/mol. The molecule has 192 valence electrons. The minimum Gasteiger partial charge on any atom is -0.488 e. The van der Waals surface area contributed by atoms with Crippen LogP contribution >= 0.6 is 11.6 Å². The first-order valence-electron chi connectivity index (χ1n) is 12.3. The van der Waals surface area contributed by atoms with Crippen LogP contribution in [-0.2, 0) is 6.61 Å². The van der Waals surface area contributed by atoms with Gasteiger partial charge in [-0.15, -0.1) is 0 Å². The van der Waals surface area contributed by atoms with Crippen LogP contribution in [0.4, 0.5) is 5.69 Å². The van der Waals surface area contributed by atoms with Crippen LogP contribution in [0.15, 0.2) is 121 Å². The Bertz CT molecular complexity index is 1640. The molecule has 5 nitrogen and oxygen atoms in total. The van der Waals surface area contributed by atoms with E-state index < -0.39 is 5.97 Å². The topological polar surface area (TPSA) is 75.6 Å². The lowest BCUT2D eigenvalue weighted by Gasteiger charge is -2.17. The highest BCUT2D eigenvalue weighted by molar-refractivity contribution is 6.31. The van der Waals surface area contributed by atoms with Crippen molar-refractivity contribution in [3.05, 3.63) is 143 Å². The van der Waals surface area contributed by atoms with Crippen LogP contribution in [0.5, 0.6) is 5.75 Å². The Morgan fingerprint density at radius 3 is 2.08 bits per heavy atom. The lowest BCUT2D eigenvalue weighted by atomic mass is 9.92. The average Bonchev–Trinajstić information content (AvgIpc) is 2.97. The molecule has 0 bridgehead atoms. The van der Waals surface area contributed by atoms with Gasteiger partial charge in [0, 0.05) is 21.8 Å². The van der Waals surface area contributed by atoms with Gasteiger partial charge in [-0.25, -0.2) is 4.79 Å². The molecule has 0 saturated heterocycles. The molecule has 5 rings (SSSR count). The van der Waals surface area contributed by atoms with Gasteiger partial charge in [-0.2, -0.15) is 0 Å². The molecule has 0 spiro atoms. The lowest BCUT2D eigenvalue weighted by Crippen LogP contribution is -2.12. The summed E-state index contributed by atoms with van der Waals surface area (Å²) in [5.74, 6) is -0.786. The minimum absolute atomic E-state index is 0.0531. The van der Waals surface area contributed by atoms with E-state index in [0.29, 0.717) is 34.2 Å². The van der Waals surface area contributed by atoms with Crippen molar-refractivity contribution in [3.8, 4) is 28.0 Å². The van der Waals surface area contributed by atoms with Gasteiger partial charge in [-0.05, 0) is 70.8 Å². The van der Waals surface area contributed by atoms with Crippen LogP contribution in [0, 0.1) is 0 Å². The van der Waals surface area contributed by atoms with Crippen molar-refractivity contribution in [3.63, 3.8) is 0 Å². The van der Waals surface area contributed by atoms with E-state index in [1.165, 1.54) is 6.07 Å². The van der Waals surface area contributed by atoms with Gasteiger partial charge in [0.25, 0.3) is 5.91 Å². The third-order valence-corrected chi connectivity index (χ3v) is 6.42. The number of carbonyl (C=O) groups is 2. The van der Waals surface area contributed by atoms with Gasteiger partial charge in [0.05, 0.1) is 5.56 Å². The summed E-state index contributed by atoms with van der Waals surface area (Å²) in [7, 11) is 0. The standard InChI is InChI=1S/C33H24ClNO4/c34-26-15-16-31(39-21-22-9-3-1-4-10-22)30(20-26)29-14-8-7-13-28(29)24-17-25(33(37)38)19-27(18-24)35-32(36)23-11-5-2-6-12-23/h1-20H,21H2,(H,35,36)(H,37,38). The van der Waals surface area contributed by atoms with Crippen LogP contribution < -0.4 is 10.1 Å². The first kappa shape index (κ1) is 25.8. The first-order valence-corrected chi connectivity index (χ1v) is 12.7. The molecule has 0 aliphatic rings. The maximum absolute atomic E-state index is 12.8. The fraction of sp³-hybridized carbons (Fsp3) is 0.0303. The van der Waals surface area contributed by atoms with E-state index in [1.807, 2.05) is 72.8 Å². The third kappa shape index (κ3) is 6.17. The van der Waals surface area contributed by atoms with Gasteiger partial charge in [-0.1, -0.05) is 84.4 Å². The van der Waals surface area contributed by atoms with E-state index >= 15 is 0 Å². The van der Waals surface area contributed by atoms with Gasteiger partial charge < -0.3 is 15.2 Å². The smallest absolute Gasteiger partial charge is 0.335 e. The van der Waals surface area contributed by atoms with E-state index in [0.717, 1.165) is 22.3 Å². The highest BCUT2D eigenvalue weighted by atomic mass is 35.5. The van der Waals surface area contributed by atoms with Crippen molar-refractivity contribution in [2.24, 2.45) is 0 Å². The number of carboxylic acid groups (broad SMARTS) is 1. The largest absolute Gasteiger partial charge is 0.488 e. The molecular weight excluding hydrogens is 510 g/mol. The average molecular weight is 534 g/mol. The number of rotatable bonds is 8. The van der Waals surface area contributed by atoms with E-state index in [2.05, 4.69) is 5.32 Å². The normalized spacial score (nSPS) is 10.6. The summed E-state index contributed by atoms with van der Waals surface area (Å²) < 4.78 is 6.20. The Labute approximate surface area is 231 Å². The van der Waals surface area contributed by atoms with Crippen molar-refractivity contribution >= 4 is 29.2 Å². The molecule has 0 aliphatic carbocycles. The number of hydrogen-bond acceptors (Lipinski definition) is 3. The predicted molar refractivity (Wildman–Crippen MR) is 154 cm³/mol. The zero-order valence-corrected chi connectivity index (χ0v) is 21.6. The Morgan fingerprint density at radius 1 is 0.692 bits per heavy atom. The predicted octanol–water partition coefficient (Wildman–Crippen LogP) is 8.20. The van der Waals surface area contributed by atoms with E-state index in [9.17, 15) is 14.7 Å². The van der Waals surface area contributed by atoms with Crippen molar-refractivity contribution in [2.75, 3.05) is 5.32 Å². The minimum atomic E-state index is -1.10. The summed E-state index contributed by atoms with van der Waals surface area (Å²) in [5, 5.41) is 13.2. The lowest BCUT2D eigenvalue weighted by molar-refractivity contribution is 0.0696. The molecule has 0 fully saturated rings. The summed E-state index contributed by atoms with van der Waals surface area (Å²) >= 11 is 6.41. The molecule has 0 atom stereocenters. The maximum Gasteiger partial charge on any atom is 0.335 e. The van der Waals surface area contributed by atoms with Crippen LogP contribution in [-0.4, -0.2) is 17.0 Å². The van der Waals surface area contributed by atoms with Gasteiger partial charge >= 0.3 is 5.97 Å². The Kier molecular flexibility index (Phi) is 7.71. The number of benzene rings is 5. The Morgan fingerprint density at radius 2 is 1.36 bits per heavy atom. The molecule has 0 radical (unpaired) electrons. The fourth-order valence-electron chi connectivity index (χ4n) is 4.32. The fourth-order valence-corrected chi connectivity index (χ4v) is 4.49. The van der Waals surface area contributed by atoms with Crippen LogP contribution in [0.2, 0.25) is 5.02 Å². The van der Waals surface area contributed by atoms with Gasteiger partial charge in [0.15, 0.2) is 0 Å². The van der Waals surface area contributed by atoms with Gasteiger partial charge in [-0.3, -0.25) is 4.79 Å². The third-order valence-electron chi connectivity index (χ3n) is 6.18. The quantitative estimate of drug-likeness (QED) is 0.211. The van der Waals surface area contributed by atoms with Crippen molar-refractivity contribution in [1.29, 1.82) is 0 Å². The second-order valence-corrected chi connectivity index (χ2v) is 9.32. The molecule has 5 aromatic rings. The van der Waals surface area contributed by atoms with Gasteiger partial charge in [0.2, 0.25) is 0 Å². The van der Waals surface area contributed by atoms with Crippen LogP contribution in [0.25, 0.3) is 22.3 Å². The maximum atomic E-state index is 12.8. The highest BCUT2D eigenvalue weighted by Gasteiger charge is 2.17. The molecule has 1 amide bonds. The van der Waals surface area contributed by atoms with E-state index in [4.69, 9.17) is 16.3 Å². The summed E-state index contributed by atoms with van der Waals surface area (Å²) in [6, 6.07) is 36.5. The number of halogens is 1. The number of hydrogen-bond donors (Lipinski definition) is 2. The second-order valence-electron chi connectivity index (χ2n) is 8.88. The van der Waals surface area contributed by atoms with Crippen molar-refractivity contribution in [1.82, 2.24) is 0 Å². The zero-order chi connectivity index (χ0) is 27.2.